The van der Waals surface area contributed by atoms with Gasteiger partial charge in [0.05, 0.1) is 13.2 Å². The predicted octanol–water partition coefficient (Wildman–Crippen LogP) is 1.57. The Labute approximate surface area is 87.2 Å². The molecule has 0 radical (unpaired) electrons. The van der Waals surface area contributed by atoms with Crippen molar-refractivity contribution in [1.29, 1.82) is 0 Å². The van der Waals surface area contributed by atoms with Crippen LogP contribution in [0.15, 0.2) is 0 Å². The van der Waals surface area contributed by atoms with Crippen molar-refractivity contribution in [3.8, 4) is 0 Å². The predicted molar refractivity (Wildman–Crippen MR) is 57.5 cm³/mol. The summed E-state index contributed by atoms with van der Waals surface area (Å²) in [6, 6.07) is 0.621. The average molecular weight is 201 g/mol. The SMILES string of the molecule is CCCNC(C)CCCOC1COC1. The lowest BCUT2D eigenvalue weighted by Crippen LogP contribution is -2.36. The maximum absolute atomic E-state index is 5.58. The van der Waals surface area contributed by atoms with E-state index in [9.17, 15) is 0 Å². The van der Waals surface area contributed by atoms with Crippen LogP contribution in [0.1, 0.15) is 33.1 Å². The van der Waals surface area contributed by atoms with Crippen molar-refractivity contribution in [2.75, 3.05) is 26.4 Å². The minimum absolute atomic E-state index is 0.383. The third kappa shape index (κ3) is 4.94. The maximum Gasteiger partial charge on any atom is 0.104 e. The number of hydrogen-bond acceptors (Lipinski definition) is 3. The first kappa shape index (κ1) is 12.0. The minimum Gasteiger partial charge on any atom is -0.376 e. The van der Waals surface area contributed by atoms with Crippen molar-refractivity contribution in [3.05, 3.63) is 0 Å². The van der Waals surface area contributed by atoms with Crippen LogP contribution in [0, 0.1) is 0 Å². The van der Waals surface area contributed by atoms with E-state index < -0.39 is 0 Å². The van der Waals surface area contributed by atoms with Gasteiger partial charge in [-0.3, -0.25) is 0 Å². The van der Waals surface area contributed by atoms with Crippen molar-refractivity contribution in [3.63, 3.8) is 0 Å². The van der Waals surface area contributed by atoms with E-state index in [-0.39, 0.29) is 0 Å². The molecule has 1 unspecified atom stereocenters. The van der Waals surface area contributed by atoms with E-state index in [1.165, 1.54) is 12.8 Å². The Hall–Kier alpha value is -0.120. The van der Waals surface area contributed by atoms with Crippen LogP contribution in [0.3, 0.4) is 0 Å². The molecule has 0 aliphatic carbocycles. The van der Waals surface area contributed by atoms with E-state index in [1.807, 2.05) is 0 Å². The molecule has 1 saturated heterocycles. The smallest absolute Gasteiger partial charge is 0.104 e. The second kappa shape index (κ2) is 7.21. The van der Waals surface area contributed by atoms with Crippen molar-refractivity contribution in [1.82, 2.24) is 5.32 Å². The second-order valence-electron chi connectivity index (χ2n) is 4.03. The highest BCUT2D eigenvalue weighted by molar-refractivity contribution is 4.65. The Bertz CT molecular complexity index is 137. The third-order valence-electron chi connectivity index (χ3n) is 2.49. The molecule has 3 heteroatoms. The molecule has 14 heavy (non-hydrogen) atoms. The molecule has 0 bridgehead atoms. The zero-order valence-electron chi connectivity index (χ0n) is 9.42. The van der Waals surface area contributed by atoms with Gasteiger partial charge >= 0.3 is 0 Å². The lowest BCUT2D eigenvalue weighted by atomic mass is 10.2. The highest BCUT2D eigenvalue weighted by Gasteiger charge is 2.18. The fraction of sp³-hybridized carbons (Fsp3) is 1.00. The van der Waals surface area contributed by atoms with Crippen LogP contribution in [0.2, 0.25) is 0 Å². The summed E-state index contributed by atoms with van der Waals surface area (Å²) in [7, 11) is 0. The summed E-state index contributed by atoms with van der Waals surface area (Å²) in [6.07, 6.45) is 3.94. The lowest BCUT2D eigenvalue weighted by molar-refractivity contribution is -0.130. The van der Waals surface area contributed by atoms with Gasteiger partial charge in [-0.05, 0) is 32.7 Å². The van der Waals surface area contributed by atoms with Gasteiger partial charge in [-0.2, -0.15) is 0 Å². The highest BCUT2D eigenvalue weighted by atomic mass is 16.6. The van der Waals surface area contributed by atoms with E-state index in [2.05, 4.69) is 19.2 Å². The molecule has 0 amide bonds. The molecule has 1 heterocycles. The third-order valence-corrected chi connectivity index (χ3v) is 2.49. The van der Waals surface area contributed by atoms with Gasteiger partial charge in [0.25, 0.3) is 0 Å². The minimum atomic E-state index is 0.383. The molecule has 0 aromatic rings. The Kier molecular flexibility index (Phi) is 6.15. The summed E-state index contributed by atoms with van der Waals surface area (Å²) in [4.78, 5) is 0. The van der Waals surface area contributed by atoms with Gasteiger partial charge < -0.3 is 14.8 Å². The molecule has 3 nitrogen and oxygen atoms in total. The standard InChI is InChI=1S/C11H23NO2/c1-3-6-12-10(2)5-4-7-14-11-8-13-9-11/h10-12H,3-9H2,1-2H3. The van der Waals surface area contributed by atoms with Gasteiger partial charge in [-0.25, -0.2) is 0 Å². The number of hydrogen-bond donors (Lipinski definition) is 1. The van der Waals surface area contributed by atoms with Gasteiger partial charge in [-0.15, -0.1) is 0 Å². The first-order valence-electron chi connectivity index (χ1n) is 5.75. The lowest BCUT2D eigenvalue weighted by Gasteiger charge is -2.26. The Balaban J connectivity index is 1.81. The Morgan fingerprint density at radius 1 is 1.50 bits per heavy atom. The highest BCUT2D eigenvalue weighted by Crippen LogP contribution is 2.06. The molecule has 1 rings (SSSR count). The summed E-state index contributed by atoms with van der Waals surface area (Å²) in [6.45, 7) is 8.03. The van der Waals surface area contributed by atoms with Gasteiger partial charge in [0.1, 0.15) is 6.10 Å². The summed E-state index contributed by atoms with van der Waals surface area (Å²) >= 11 is 0. The van der Waals surface area contributed by atoms with Crippen molar-refractivity contribution < 1.29 is 9.47 Å². The molecule has 0 aromatic heterocycles. The quantitative estimate of drug-likeness (QED) is 0.605. The van der Waals surface area contributed by atoms with Crippen LogP contribution in [0.25, 0.3) is 0 Å². The molecular formula is C11H23NO2. The molecule has 1 fully saturated rings. The Morgan fingerprint density at radius 2 is 2.29 bits per heavy atom. The zero-order chi connectivity index (χ0) is 10.2. The molecule has 0 saturated carbocycles. The summed E-state index contributed by atoms with van der Waals surface area (Å²) in [5.41, 5.74) is 0. The number of nitrogens with one attached hydrogen (secondary N) is 1. The topological polar surface area (TPSA) is 30.5 Å². The molecule has 0 aromatic carbocycles. The van der Waals surface area contributed by atoms with Gasteiger partial charge in [0.2, 0.25) is 0 Å². The maximum atomic E-state index is 5.58. The van der Waals surface area contributed by atoms with E-state index in [4.69, 9.17) is 9.47 Å². The van der Waals surface area contributed by atoms with Crippen molar-refractivity contribution in [2.24, 2.45) is 0 Å². The monoisotopic (exact) mass is 201 g/mol. The van der Waals surface area contributed by atoms with E-state index in [0.29, 0.717) is 12.1 Å². The fourth-order valence-corrected chi connectivity index (χ4v) is 1.44. The molecule has 0 spiro atoms. The van der Waals surface area contributed by atoms with Crippen molar-refractivity contribution in [2.45, 2.75) is 45.3 Å². The first-order valence-corrected chi connectivity index (χ1v) is 5.75. The Morgan fingerprint density at radius 3 is 2.86 bits per heavy atom. The van der Waals surface area contributed by atoms with Crippen LogP contribution in [-0.2, 0) is 9.47 Å². The van der Waals surface area contributed by atoms with Gasteiger partial charge in [-0.1, -0.05) is 6.92 Å². The number of rotatable bonds is 8. The fourth-order valence-electron chi connectivity index (χ4n) is 1.44. The van der Waals surface area contributed by atoms with Crippen LogP contribution < -0.4 is 5.32 Å². The average Bonchev–Trinajstić information content (AvgIpc) is 2.11. The molecule has 1 atom stereocenters. The molecular weight excluding hydrogens is 178 g/mol. The van der Waals surface area contributed by atoms with Crippen LogP contribution in [0.4, 0.5) is 0 Å². The summed E-state index contributed by atoms with van der Waals surface area (Å²) < 4.78 is 10.6. The number of ether oxygens (including phenoxy) is 2. The van der Waals surface area contributed by atoms with E-state index >= 15 is 0 Å². The molecule has 1 aliphatic rings. The largest absolute Gasteiger partial charge is 0.376 e. The van der Waals surface area contributed by atoms with Crippen LogP contribution in [-0.4, -0.2) is 38.5 Å². The summed E-state index contributed by atoms with van der Waals surface area (Å²) in [5, 5.41) is 3.47. The first-order chi connectivity index (χ1) is 6.83. The van der Waals surface area contributed by atoms with E-state index in [1.54, 1.807) is 0 Å². The van der Waals surface area contributed by atoms with Gasteiger partial charge in [0, 0.05) is 12.6 Å². The normalized spacial score (nSPS) is 19.3. The van der Waals surface area contributed by atoms with Crippen LogP contribution in [0.5, 0.6) is 0 Å². The zero-order valence-corrected chi connectivity index (χ0v) is 9.42. The molecule has 1 aliphatic heterocycles. The molecule has 84 valence electrons. The van der Waals surface area contributed by atoms with Crippen molar-refractivity contribution >= 4 is 0 Å². The molecule has 1 N–H and O–H groups in total. The van der Waals surface area contributed by atoms with E-state index in [0.717, 1.165) is 32.8 Å². The van der Waals surface area contributed by atoms with Gasteiger partial charge in [0.15, 0.2) is 0 Å². The van der Waals surface area contributed by atoms with Crippen LogP contribution >= 0.6 is 0 Å². The second-order valence-corrected chi connectivity index (χ2v) is 4.03. The summed E-state index contributed by atoms with van der Waals surface area (Å²) in [5.74, 6) is 0.